The summed E-state index contributed by atoms with van der Waals surface area (Å²) >= 11 is 0. The molecular formula is C14H18FNO2. The molecule has 0 radical (unpaired) electrons. The first-order valence-corrected chi connectivity index (χ1v) is 6.39. The van der Waals surface area contributed by atoms with E-state index in [1.807, 2.05) is 0 Å². The minimum atomic E-state index is -0.500. The molecule has 1 N–H and O–H groups in total. The van der Waals surface area contributed by atoms with E-state index in [0.29, 0.717) is 19.0 Å². The van der Waals surface area contributed by atoms with Crippen molar-refractivity contribution in [1.82, 2.24) is 4.90 Å². The third-order valence-electron chi connectivity index (χ3n) is 3.46. The van der Waals surface area contributed by atoms with Gasteiger partial charge in [0.05, 0.1) is 5.56 Å². The highest BCUT2D eigenvalue weighted by atomic mass is 19.1. The monoisotopic (exact) mass is 251 g/mol. The molecule has 0 bridgehead atoms. The van der Waals surface area contributed by atoms with Crippen molar-refractivity contribution in [2.75, 3.05) is 13.1 Å². The molecule has 18 heavy (non-hydrogen) atoms. The van der Waals surface area contributed by atoms with E-state index in [1.165, 1.54) is 6.07 Å². The Morgan fingerprint density at radius 2 is 2.33 bits per heavy atom. The zero-order valence-electron chi connectivity index (χ0n) is 10.5. The largest absolute Gasteiger partial charge is 0.507 e. The number of carbonyl (C=O) groups excluding carboxylic acids is 1. The molecule has 1 aliphatic heterocycles. The van der Waals surface area contributed by atoms with Gasteiger partial charge in [0, 0.05) is 13.1 Å². The molecule has 1 unspecified atom stereocenters. The van der Waals surface area contributed by atoms with Gasteiger partial charge in [-0.15, -0.1) is 0 Å². The first-order valence-electron chi connectivity index (χ1n) is 6.39. The molecule has 0 aromatic heterocycles. The summed E-state index contributed by atoms with van der Waals surface area (Å²) in [6.07, 6.45) is 3.21. The van der Waals surface area contributed by atoms with Crippen LogP contribution in [0.1, 0.15) is 36.5 Å². The summed E-state index contributed by atoms with van der Waals surface area (Å²) < 4.78 is 13.1. The number of hydrogen-bond donors (Lipinski definition) is 1. The standard InChI is InChI=1S/C14H18FNO2/c1-2-3-10-6-7-16(9-10)14(18)12-8-11(15)4-5-13(12)17/h4-5,8,10,17H,2-3,6-7,9H2,1H3. The molecule has 1 heterocycles. The maximum Gasteiger partial charge on any atom is 0.257 e. The van der Waals surface area contributed by atoms with Crippen LogP contribution in [0.5, 0.6) is 5.75 Å². The number of rotatable bonds is 3. The Bertz CT molecular complexity index is 447. The molecule has 1 aliphatic rings. The number of likely N-dealkylation sites (tertiary alicyclic amines) is 1. The summed E-state index contributed by atoms with van der Waals surface area (Å²) in [5.74, 6) is -0.388. The fourth-order valence-corrected chi connectivity index (χ4v) is 2.51. The molecule has 1 aromatic carbocycles. The van der Waals surface area contributed by atoms with Gasteiger partial charge in [0.25, 0.3) is 5.91 Å². The van der Waals surface area contributed by atoms with Gasteiger partial charge in [0.1, 0.15) is 11.6 Å². The SMILES string of the molecule is CCCC1CCN(C(=O)c2cc(F)ccc2O)C1. The second-order valence-corrected chi connectivity index (χ2v) is 4.86. The predicted octanol–water partition coefficient (Wildman–Crippen LogP) is 2.79. The molecule has 98 valence electrons. The molecule has 2 rings (SSSR count). The maximum absolute atomic E-state index is 13.1. The number of amides is 1. The van der Waals surface area contributed by atoms with Gasteiger partial charge in [-0.3, -0.25) is 4.79 Å². The van der Waals surface area contributed by atoms with Crippen molar-refractivity contribution in [2.45, 2.75) is 26.2 Å². The Morgan fingerprint density at radius 3 is 3.06 bits per heavy atom. The molecule has 1 saturated heterocycles. The van der Waals surface area contributed by atoms with Gasteiger partial charge >= 0.3 is 0 Å². The zero-order valence-corrected chi connectivity index (χ0v) is 10.5. The lowest BCUT2D eigenvalue weighted by atomic mass is 10.0. The van der Waals surface area contributed by atoms with Crippen molar-refractivity contribution < 1.29 is 14.3 Å². The molecule has 4 heteroatoms. The summed E-state index contributed by atoms with van der Waals surface area (Å²) in [6.45, 7) is 3.53. The van der Waals surface area contributed by atoms with Crippen LogP contribution in [-0.2, 0) is 0 Å². The van der Waals surface area contributed by atoms with Crippen molar-refractivity contribution in [3.05, 3.63) is 29.6 Å². The minimum absolute atomic E-state index is 0.0622. The number of phenolic OH excluding ortho intramolecular Hbond substituents is 1. The van der Waals surface area contributed by atoms with Crippen molar-refractivity contribution in [3.63, 3.8) is 0 Å². The lowest BCUT2D eigenvalue weighted by molar-refractivity contribution is 0.0783. The second kappa shape index (κ2) is 5.38. The van der Waals surface area contributed by atoms with Gasteiger partial charge in [-0.1, -0.05) is 13.3 Å². The van der Waals surface area contributed by atoms with E-state index in [2.05, 4.69) is 6.92 Å². The normalized spacial score (nSPS) is 19.2. The third kappa shape index (κ3) is 2.63. The first-order chi connectivity index (χ1) is 8.61. The topological polar surface area (TPSA) is 40.5 Å². The fraction of sp³-hybridized carbons (Fsp3) is 0.500. The van der Waals surface area contributed by atoms with Crippen molar-refractivity contribution >= 4 is 5.91 Å². The van der Waals surface area contributed by atoms with Crippen LogP contribution in [0.15, 0.2) is 18.2 Å². The van der Waals surface area contributed by atoms with Crippen molar-refractivity contribution in [3.8, 4) is 5.75 Å². The lowest BCUT2D eigenvalue weighted by Crippen LogP contribution is -2.28. The first kappa shape index (κ1) is 12.9. The molecule has 3 nitrogen and oxygen atoms in total. The van der Waals surface area contributed by atoms with Gasteiger partial charge < -0.3 is 10.0 Å². The van der Waals surface area contributed by atoms with E-state index in [0.717, 1.165) is 31.4 Å². The quantitative estimate of drug-likeness (QED) is 0.897. The van der Waals surface area contributed by atoms with Crippen LogP contribution in [-0.4, -0.2) is 29.0 Å². The summed E-state index contributed by atoms with van der Waals surface area (Å²) in [7, 11) is 0. The van der Waals surface area contributed by atoms with Crippen molar-refractivity contribution in [2.24, 2.45) is 5.92 Å². The van der Waals surface area contributed by atoms with Crippen LogP contribution in [0.3, 0.4) is 0 Å². The average Bonchev–Trinajstić information content (AvgIpc) is 2.80. The number of nitrogens with zero attached hydrogens (tertiary/aromatic N) is 1. The Hall–Kier alpha value is -1.58. The molecular weight excluding hydrogens is 233 g/mol. The maximum atomic E-state index is 13.1. The number of hydrogen-bond acceptors (Lipinski definition) is 2. The van der Waals surface area contributed by atoms with Crippen LogP contribution in [0, 0.1) is 11.7 Å². The van der Waals surface area contributed by atoms with E-state index in [9.17, 15) is 14.3 Å². The Balaban J connectivity index is 2.10. The fourth-order valence-electron chi connectivity index (χ4n) is 2.51. The van der Waals surface area contributed by atoms with E-state index >= 15 is 0 Å². The van der Waals surface area contributed by atoms with E-state index in [1.54, 1.807) is 4.90 Å². The highest BCUT2D eigenvalue weighted by Gasteiger charge is 2.27. The molecule has 0 aliphatic carbocycles. The molecule has 1 fully saturated rings. The average molecular weight is 251 g/mol. The minimum Gasteiger partial charge on any atom is -0.507 e. The van der Waals surface area contributed by atoms with Crippen LogP contribution < -0.4 is 0 Å². The predicted molar refractivity (Wildman–Crippen MR) is 67.0 cm³/mol. The Morgan fingerprint density at radius 1 is 1.56 bits per heavy atom. The number of phenols is 1. The molecule has 1 amide bonds. The Kier molecular flexibility index (Phi) is 3.84. The van der Waals surface area contributed by atoms with Gasteiger partial charge in [0.2, 0.25) is 0 Å². The molecule has 1 atom stereocenters. The molecule has 0 saturated carbocycles. The van der Waals surface area contributed by atoms with Gasteiger partial charge in [0.15, 0.2) is 0 Å². The highest BCUT2D eigenvalue weighted by Crippen LogP contribution is 2.25. The zero-order chi connectivity index (χ0) is 13.1. The van der Waals surface area contributed by atoms with E-state index in [-0.39, 0.29) is 17.2 Å². The summed E-state index contributed by atoms with van der Waals surface area (Å²) in [5.41, 5.74) is 0.0622. The highest BCUT2D eigenvalue weighted by molar-refractivity contribution is 5.97. The number of benzene rings is 1. The second-order valence-electron chi connectivity index (χ2n) is 4.86. The summed E-state index contributed by atoms with van der Waals surface area (Å²) in [4.78, 5) is 13.9. The van der Waals surface area contributed by atoms with Crippen LogP contribution in [0.4, 0.5) is 4.39 Å². The Labute approximate surface area is 106 Å². The smallest absolute Gasteiger partial charge is 0.257 e. The molecule has 1 aromatic rings. The number of aromatic hydroxyl groups is 1. The summed E-state index contributed by atoms with van der Waals surface area (Å²) in [5, 5.41) is 9.62. The van der Waals surface area contributed by atoms with Gasteiger partial charge in [-0.25, -0.2) is 4.39 Å². The van der Waals surface area contributed by atoms with Gasteiger partial charge in [-0.05, 0) is 37.0 Å². The van der Waals surface area contributed by atoms with Crippen LogP contribution in [0.25, 0.3) is 0 Å². The third-order valence-corrected chi connectivity index (χ3v) is 3.46. The summed E-state index contributed by atoms with van der Waals surface area (Å²) in [6, 6.07) is 3.48. The lowest BCUT2D eigenvalue weighted by Gasteiger charge is -2.17. The van der Waals surface area contributed by atoms with Crippen LogP contribution in [0.2, 0.25) is 0 Å². The van der Waals surface area contributed by atoms with Gasteiger partial charge in [-0.2, -0.15) is 0 Å². The van der Waals surface area contributed by atoms with Crippen LogP contribution >= 0.6 is 0 Å². The number of halogens is 1. The molecule has 0 spiro atoms. The van der Waals surface area contributed by atoms with E-state index in [4.69, 9.17) is 0 Å². The van der Waals surface area contributed by atoms with Crippen molar-refractivity contribution in [1.29, 1.82) is 0 Å². The van der Waals surface area contributed by atoms with E-state index < -0.39 is 5.82 Å². The number of carbonyl (C=O) groups is 1.